The van der Waals surface area contributed by atoms with Gasteiger partial charge in [0.2, 0.25) is 0 Å². The zero-order chi connectivity index (χ0) is 9.40. The third-order valence-electron chi connectivity index (χ3n) is 1.11. The molecule has 0 atom stereocenters. The molecule has 0 saturated heterocycles. The molecule has 2 N–H and O–H groups in total. The van der Waals surface area contributed by atoms with Gasteiger partial charge in [-0.3, -0.25) is 4.79 Å². The first-order valence-electron chi connectivity index (χ1n) is 3.71. The van der Waals surface area contributed by atoms with Gasteiger partial charge in [-0.1, -0.05) is 0 Å². The topological polar surface area (TPSA) is 62.2 Å². The van der Waals surface area contributed by atoms with Gasteiger partial charge in [0.25, 0.3) is 0 Å². The predicted octanol–water partition coefficient (Wildman–Crippen LogP) is 0.692. The highest BCUT2D eigenvalue weighted by Gasteiger charge is 1.89. The lowest BCUT2D eigenvalue weighted by Crippen LogP contribution is -2.15. The van der Waals surface area contributed by atoms with Crippen LogP contribution in [0.3, 0.4) is 0 Å². The number of allylic oxidation sites excluding steroid dienone is 1. The van der Waals surface area contributed by atoms with Crippen molar-refractivity contribution < 1.29 is 9.53 Å². The first-order chi connectivity index (χ1) is 5.66. The predicted molar refractivity (Wildman–Crippen MR) is 47.2 cm³/mol. The molecule has 0 fully saturated rings. The molecule has 0 spiro atoms. The minimum atomic E-state index is -0.274. The van der Waals surface area contributed by atoms with Gasteiger partial charge in [-0.05, 0) is 12.5 Å². The average molecular weight is 170 g/mol. The van der Waals surface area contributed by atoms with Crippen LogP contribution >= 0.6 is 0 Å². The Bertz CT molecular complexity index is 187. The van der Waals surface area contributed by atoms with Crippen LogP contribution < -0.4 is 5.32 Å². The van der Waals surface area contributed by atoms with E-state index in [-0.39, 0.29) is 5.97 Å². The van der Waals surface area contributed by atoms with Crippen molar-refractivity contribution in [3.05, 3.63) is 11.8 Å². The van der Waals surface area contributed by atoms with Crippen LogP contribution in [0, 0.1) is 5.41 Å². The minimum Gasteiger partial charge on any atom is -0.464 e. The Morgan fingerprint density at radius 3 is 2.75 bits per heavy atom. The molecule has 4 nitrogen and oxygen atoms in total. The molecule has 0 bridgehead atoms. The van der Waals surface area contributed by atoms with Crippen molar-refractivity contribution in [2.75, 3.05) is 13.2 Å². The van der Waals surface area contributed by atoms with Crippen molar-refractivity contribution in [2.24, 2.45) is 0 Å². The lowest BCUT2D eigenvalue weighted by atomic mass is 10.4. The van der Waals surface area contributed by atoms with Gasteiger partial charge in [0.1, 0.15) is 6.61 Å². The van der Waals surface area contributed by atoms with E-state index in [1.165, 1.54) is 13.1 Å². The summed E-state index contributed by atoms with van der Waals surface area (Å²) in [7, 11) is 0. The van der Waals surface area contributed by atoms with Crippen LogP contribution in [0.25, 0.3) is 0 Å². The molecule has 68 valence electrons. The first kappa shape index (κ1) is 10.7. The standard InChI is InChI=1S/C8H14N2O2/c1-7(5-9)6-10-3-4-12-8(2)11/h5-6,9-10H,3-4H2,1-2H3/b7-6-,9-5?. The molecule has 4 heteroatoms. The normalized spacial score (nSPS) is 10.7. The Hall–Kier alpha value is -1.32. The van der Waals surface area contributed by atoms with Gasteiger partial charge in [-0.2, -0.15) is 0 Å². The molecule has 0 unspecified atom stereocenters. The molecule has 12 heavy (non-hydrogen) atoms. The van der Waals surface area contributed by atoms with E-state index in [1.54, 1.807) is 6.20 Å². The van der Waals surface area contributed by atoms with Gasteiger partial charge >= 0.3 is 5.97 Å². The van der Waals surface area contributed by atoms with Gasteiger partial charge in [0.05, 0.1) is 0 Å². The van der Waals surface area contributed by atoms with Crippen LogP contribution in [0.2, 0.25) is 0 Å². The summed E-state index contributed by atoms with van der Waals surface area (Å²) < 4.78 is 4.67. The highest BCUT2D eigenvalue weighted by Crippen LogP contribution is 1.81. The third-order valence-corrected chi connectivity index (χ3v) is 1.11. The monoisotopic (exact) mass is 170 g/mol. The van der Waals surface area contributed by atoms with Crippen LogP contribution in [-0.4, -0.2) is 25.3 Å². The van der Waals surface area contributed by atoms with Crippen LogP contribution in [-0.2, 0) is 9.53 Å². The zero-order valence-electron chi connectivity index (χ0n) is 7.39. The number of rotatable bonds is 5. The lowest BCUT2D eigenvalue weighted by Gasteiger charge is -2.01. The molecule has 0 radical (unpaired) electrons. The molecular weight excluding hydrogens is 156 g/mol. The highest BCUT2D eigenvalue weighted by molar-refractivity contribution is 5.74. The molecule has 0 aromatic rings. The number of carbonyl (C=O) groups is 1. The van der Waals surface area contributed by atoms with Gasteiger partial charge in [-0.25, -0.2) is 0 Å². The summed E-state index contributed by atoms with van der Waals surface area (Å²) in [6.07, 6.45) is 2.95. The maximum Gasteiger partial charge on any atom is 0.302 e. The second kappa shape index (κ2) is 6.39. The van der Waals surface area contributed by atoms with Crippen molar-refractivity contribution in [2.45, 2.75) is 13.8 Å². The molecule has 0 aromatic carbocycles. The Morgan fingerprint density at radius 1 is 1.58 bits per heavy atom. The number of carbonyl (C=O) groups excluding carboxylic acids is 1. The molecule has 0 rings (SSSR count). The highest BCUT2D eigenvalue weighted by atomic mass is 16.5. The van der Waals surface area contributed by atoms with Gasteiger partial charge < -0.3 is 15.5 Å². The van der Waals surface area contributed by atoms with Gasteiger partial charge in [-0.15, -0.1) is 0 Å². The molecular formula is C8H14N2O2. The van der Waals surface area contributed by atoms with Crippen molar-refractivity contribution in [1.29, 1.82) is 5.41 Å². The van der Waals surface area contributed by atoms with Gasteiger partial charge in [0, 0.05) is 25.9 Å². The summed E-state index contributed by atoms with van der Waals surface area (Å²) in [4.78, 5) is 10.3. The maximum atomic E-state index is 10.3. The number of esters is 1. The maximum absolute atomic E-state index is 10.3. The summed E-state index contributed by atoms with van der Waals surface area (Å²) in [6.45, 7) is 4.12. The summed E-state index contributed by atoms with van der Waals surface area (Å²) in [5.74, 6) is -0.274. The fourth-order valence-corrected chi connectivity index (χ4v) is 0.529. The number of ether oxygens (including phenoxy) is 1. The van der Waals surface area contributed by atoms with E-state index in [1.807, 2.05) is 6.92 Å². The van der Waals surface area contributed by atoms with E-state index in [9.17, 15) is 4.79 Å². The Morgan fingerprint density at radius 2 is 2.25 bits per heavy atom. The number of nitrogens with one attached hydrogen (secondary N) is 2. The molecule has 0 heterocycles. The van der Waals surface area contributed by atoms with Crippen molar-refractivity contribution >= 4 is 12.2 Å². The number of hydrogen-bond acceptors (Lipinski definition) is 4. The molecule has 0 saturated carbocycles. The Balaban J connectivity index is 3.32. The molecule has 0 aliphatic heterocycles. The van der Waals surface area contributed by atoms with E-state index < -0.39 is 0 Å². The lowest BCUT2D eigenvalue weighted by molar-refractivity contribution is -0.140. The first-order valence-corrected chi connectivity index (χ1v) is 3.71. The van der Waals surface area contributed by atoms with E-state index in [0.29, 0.717) is 13.2 Å². The molecule has 0 amide bonds. The van der Waals surface area contributed by atoms with E-state index >= 15 is 0 Å². The van der Waals surface area contributed by atoms with Crippen LogP contribution in [0.1, 0.15) is 13.8 Å². The second-order valence-electron chi connectivity index (χ2n) is 2.33. The fraction of sp³-hybridized carbons (Fsp3) is 0.500. The summed E-state index contributed by atoms with van der Waals surface area (Å²) in [6, 6.07) is 0. The van der Waals surface area contributed by atoms with Crippen molar-refractivity contribution in [3.8, 4) is 0 Å². The molecule has 0 aliphatic carbocycles. The quantitative estimate of drug-likeness (QED) is 0.362. The van der Waals surface area contributed by atoms with E-state index in [4.69, 9.17) is 5.41 Å². The van der Waals surface area contributed by atoms with Crippen molar-refractivity contribution in [1.82, 2.24) is 5.32 Å². The van der Waals surface area contributed by atoms with E-state index in [0.717, 1.165) is 5.57 Å². The van der Waals surface area contributed by atoms with E-state index in [2.05, 4.69) is 10.1 Å². The molecule has 0 aromatic heterocycles. The molecule has 0 aliphatic rings. The summed E-state index contributed by atoms with van der Waals surface area (Å²) >= 11 is 0. The van der Waals surface area contributed by atoms with Crippen LogP contribution in [0.4, 0.5) is 0 Å². The van der Waals surface area contributed by atoms with Crippen LogP contribution in [0.15, 0.2) is 11.8 Å². The average Bonchev–Trinajstić information content (AvgIpc) is 2.03. The van der Waals surface area contributed by atoms with Crippen molar-refractivity contribution in [3.63, 3.8) is 0 Å². The Labute approximate surface area is 72.1 Å². The summed E-state index contributed by atoms with van der Waals surface area (Å²) in [5, 5.41) is 9.74. The second-order valence-corrected chi connectivity index (χ2v) is 2.33. The van der Waals surface area contributed by atoms with Crippen LogP contribution in [0.5, 0.6) is 0 Å². The third kappa shape index (κ3) is 6.80. The summed E-state index contributed by atoms with van der Waals surface area (Å²) in [5.41, 5.74) is 0.831. The Kier molecular flexibility index (Phi) is 5.69. The zero-order valence-corrected chi connectivity index (χ0v) is 7.39. The smallest absolute Gasteiger partial charge is 0.302 e. The number of hydrogen-bond donors (Lipinski definition) is 2. The van der Waals surface area contributed by atoms with Gasteiger partial charge in [0.15, 0.2) is 0 Å². The largest absolute Gasteiger partial charge is 0.464 e. The SMILES string of the molecule is CC(=O)OCCN/C=C(/C)C=N. The fourth-order valence-electron chi connectivity index (χ4n) is 0.529. The minimum absolute atomic E-state index is 0.274.